The number of nitrogens with one attached hydrogen (secondary N) is 1. The number of carboxylic acid groups (broad SMARTS) is 1. The first kappa shape index (κ1) is 14.5. The summed E-state index contributed by atoms with van der Waals surface area (Å²) in [6.45, 7) is 5.92. The molecule has 1 unspecified atom stereocenters. The quantitative estimate of drug-likeness (QED) is 0.782. The van der Waals surface area contributed by atoms with Gasteiger partial charge in [0.15, 0.2) is 0 Å². The van der Waals surface area contributed by atoms with Gasteiger partial charge >= 0.3 is 5.97 Å². The molecule has 3 rings (SSSR count). The van der Waals surface area contributed by atoms with Gasteiger partial charge in [-0.05, 0) is 31.7 Å². The number of imidazole rings is 1. The number of nitrogens with zero attached hydrogens (tertiary/aromatic N) is 3. The van der Waals surface area contributed by atoms with Gasteiger partial charge in [0.2, 0.25) is 0 Å². The lowest BCUT2D eigenvalue weighted by molar-refractivity contribution is -0.147. The van der Waals surface area contributed by atoms with Crippen molar-refractivity contribution in [3.05, 3.63) is 18.2 Å². The number of carboxylic acids is 1. The van der Waals surface area contributed by atoms with Crippen molar-refractivity contribution >= 4 is 5.97 Å². The maximum absolute atomic E-state index is 12.0. The fourth-order valence-corrected chi connectivity index (χ4v) is 3.28. The largest absolute Gasteiger partial charge is 0.480 e. The zero-order valence-electron chi connectivity index (χ0n) is 12.6. The molecule has 1 aliphatic heterocycles. The van der Waals surface area contributed by atoms with Crippen molar-refractivity contribution in [2.75, 3.05) is 19.6 Å². The van der Waals surface area contributed by atoms with E-state index in [4.69, 9.17) is 0 Å². The van der Waals surface area contributed by atoms with Crippen LogP contribution in [-0.2, 0) is 17.9 Å². The topological polar surface area (TPSA) is 70.4 Å². The van der Waals surface area contributed by atoms with Gasteiger partial charge in [0.1, 0.15) is 11.4 Å². The predicted octanol–water partition coefficient (Wildman–Crippen LogP) is 0.932. The van der Waals surface area contributed by atoms with Crippen molar-refractivity contribution in [3.63, 3.8) is 0 Å². The van der Waals surface area contributed by atoms with Gasteiger partial charge in [-0.25, -0.2) is 4.98 Å². The minimum atomic E-state index is -0.787. The predicted molar refractivity (Wildman–Crippen MR) is 78.9 cm³/mol. The highest BCUT2D eigenvalue weighted by molar-refractivity contribution is 5.80. The van der Waals surface area contributed by atoms with Crippen LogP contribution < -0.4 is 5.32 Å². The van der Waals surface area contributed by atoms with Crippen molar-refractivity contribution < 1.29 is 9.90 Å². The van der Waals surface area contributed by atoms with Crippen LogP contribution >= 0.6 is 0 Å². The highest BCUT2D eigenvalue weighted by atomic mass is 16.4. The molecular formula is C15H24N4O2. The van der Waals surface area contributed by atoms with Crippen molar-refractivity contribution in [2.45, 2.75) is 44.8 Å². The highest BCUT2D eigenvalue weighted by Gasteiger charge is 2.51. The van der Waals surface area contributed by atoms with E-state index in [0.717, 1.165) is 51.3 Å². The van der Waals surface area contributed by atoms with E-state index in [2.05, 4.69) is 26.7 Å². The number of aromatic nitrogens is 2. The molecule has 6 nitrogen and oxygen atoms in total. The van der Waals surface area contributed by atoms with Gasteiger partial charge in [-0.1, -0.05) is 6.92 Å². The fraction of sp³-hybridized carbons (Fsp3) is 0.733. The van der Waals surface area contributed by atoms with Gasteiger partial charge in [-0.3, -0.25) is 9.69 Å². The van der Waals surface area contributed by atoms with Gasteiger partial charge in [0.25, 0.3) is 0 Å². The van der Waals surface area contributed by atoms with Crippen LogP contribution in [0.3, 0.4) is 0 Å². The Morgan fingerprint density at radius 3 is 3.00 bits per heavy atom. The number of hydrogen-bond donors (Lipinski definition) is 2. The minimum Gasteiger partial charge on any atom is -0.480 e. The normalized spacial score (nSPS) is 21.8. The Kier molecular flexibility index (Phi) is 3.99. The van der Waals surface area contributed by atoms with Gasteiger partial charge < -0.3 is 15.0 Å². The van der Waals surface area contributed by atoms with Crippen LogP contribution in [0.5, 0.6) is 0 Å². The second-order valence-corrected chi connectivity index (χ2v) is 6.23. The Hall–Kier alpha value is -1.40. The number of aliphatic carboxylic acids is 1. The van der Waals surface area contributed by atoms with Crippen LogP contribution in [0.15, 0.2) is 12.4 Å². The summed E-state index contributed by atoms with van der Waals surface area (Å²) >= 11 is 0. The van der Waals surface area contributed by atoms with E-state index >= 15 is 0 Å². The molecule has 0 amide bonds. The second-order valence-electron chi connectivity index (χ2n) is 6.23. The molecule has 1 fully saturated rings. The van der Waals surface area contributed by atoms with Gasteiger partial charge in [0.05, 0.1) is 6.54 Å². The molecule has 0 spiro atoms. The van der Waals surface area contributed by atoms with Crippen LogP contribution in [0.4, 0.5) is 0 Å². The lowest BCUT2D eigenvalue weighted by Gasteiger charge is -2.38. The third kappa shape index (κ3) is 2.82. The monoisotopic (exact) mass is 292 g/mol. The van der Waals surface area contributed by atoms with Gasteiger partial charge in [-0.2, -0.15) is 0 Å². The first-order valence-corrected chi connectivity index (χ1v) is 7.86. The Labute approximate surface area is 125 Å². The average molecular weight is 292 g/mol. The molecule has 0 aromatic carbocycles. The molecule has 1 aromatic heterocycles. The SMILES string of the molecule is CCCNC(CN1CCn2ccnc2C1)(C(=O)O)C1CC1. The summed E-state index contributed by atoms with van der Waals surface area (Å²) in [5.74, 6) is 0.599. The van der Waals surface area contributed by atoms with E-state index in [1.807, 2.05) is 12.4 Å². The maximum Gasteiger partial charge on any atom is 0.325 e. The molecule has 1 saturated carbocycles. The summed E-state index contributed by atoms with van der Waals surface area (Å²) in [5, 5.41) is 13.2. The molecule has 1 atom stereocenters. The number of carbonyl (C=O) groups is 1. The Morgan fingerprint density at radius 1 is 1.52 bits per heavy atom. The van der Waals surface area contributed by atoms with Crippen LogP contribution in [-0.4, -0.2) is 50.7 Å². The van der Waals surface area contributed by atoms with E-state index < -0.39 is 11.5 Å². The summed E-state index contributed by atoms with van der Waals surface area (Å²) in [5.41, 5.74) is -0.787. The summed E-state index contributed by atoms with van der Waals surface area (Å²) < 4.78 is 2.15. The average Bonchev–Trinajstić information content (AvgIpc) is 3.22. The molecule has 0 saturated heterocycles. The van der Waals surface area contributed by atoms with Crippen LogP contribution in [0.2, 0.25) is 0 Å². The molecular weight excluding hydrogens is 268 g/mol. The van der Waals surface area contributed by atoms with Crippen LogP contribution in [0.1, 0.15) is 32.0 Å². The number of fused-ring (bicyclic) bond motifs is 1. The maximum atomic E-state index is 12.0. The van der Waals surface area contributed by atoms with E-state index in [1.54, 1.807) is 0 Å². The zero-order chi connectivity index (χ0) is 14.9. The third-order valence-corrected chi connectivity index (χ3v) is 4.64. The molecule has 21 heavy (non-hydrogen) atoms. The van der Waals surface area contributed by atoms with Crippen molar-refractivity contribution in [3.8, 4) is 0 Å². The summed E-state index contributed by atoms with van der Waals surface area (Å²) in [4.78, 5) is 18.6. The van der Waals surface area contributed by atoms with E-state index in [9.17, 15) is 9.90 Å². The summed E-state index contributed by atoms with van der Waals surface area (Å²) in [7, 11) is 0. The smallest absolute Gasteiger partial charge is 0.325 e. The van der Waals surface area contributed by atoms with Crippen LogP contribution in [0, 0.1) is 5.92 Å². The van der Waals surface area contributed by atoms with Crippen LogP contribution in [0.25, 0.3) is 0 Å². The van der Waals surface area contributed by atoms with Crippen molar-refractivity contribution in [1.29, 1.82) is 0 Å². The highest BCUT2D eigenvalue weighted by Crippen LogP contribution is 2.40. The molecule has 2 N–H and O–H groups in total. The molecule has 2 aliphatic rings. The van der Waals surface area contributed by atoms with Gasteiger partial charge in [0, 0.05) is 32.0 Å². The third-order valence-electron chi connectivity index (χ3n) is 4.64. The molecule has 1 aliphatic carbocycles. The fourth-order valence-electron chi connectivity index (χ4n) is 3.28. The number of hydrogen-bond acceptors (Lipinski definition) is 4. The van der Waals surface area contributed by atoms with Crippen molar-refractivity contribution in [1.82, 2.24) is 19.8 Å². The standard InChI is InChI=1S/C15H24N4O2/c1-2-5-17-15(14(20)21,12-3-4-12)11-18-8-9-19-7-6-16-13(19)10-18/h6-7,12,17H,2-5,8-11H2,1H3,(H,20,21). The lowest BCUT2D eigenvalue weighted by Crippen LogP contribution is -2.61. The summed E-state index contributed by atoms with van der Waals surface area (Å²) in [6, 6.07) is 0. The minimum absolute atomic E-state index is 0.267. The van der Waals surface area contributed by atoms with E-state index in [0.29, 0.717) is 6.54 Å². The first-order valence-electron chi connectivity index (χ1n) is 7.86. The molecule has 6 heteroatoms. The zero-order valence-corrected chi connectivity index (χ0v) is 12.6. The van der Waals surface area contributed by atoms with Gasteiger partial charge in [-0.15, -0.1) is 0 Å². The molecule has 1 aromatic rings. The molecule has 116 valence electrons. The van der Waals surface area contributed by atoms with Crippen molar-refractivity contribution in [2.24, 2.45) is 5.92 Å². The molecule has 0 radical (unpaired) electrons. The molecule has 2 heterocycles. The summed E-state index contributed by atoms with van der Waals surface area (Å²) in [6.07, 6.45) is 6.80. The molecule has 0 bridgehead atoms. The second kappa shape index (κ2) is 5.77. The first-order chi connectivity index (χ1) is 10.2. The lowest BCUT2D eigenvalue weighted by atomic mass is 9.91. The van der Waals surface area contributed by atoms with E-state index in [1.165, 1.54) is 0 Å². The van der Waals surface area contributed by atoms with E-state index in [-0.39, 0.29) is 5.92 Å². The Bertz CT molecular complexity index is 512. The Balaban J connectivity index is 1.74. The number of rotatable bonds is 7. The Morgan fingerprint density at radius 2 is 2.33 bits per heavy atom.